The smallest absolute Gasteiger partial charge is 0.124 e. The molecule has 1 N–H and O–H groups in total. The molecule has 1 nitrogen and oxygen atoms in total. The summed E-state index contributed by atoms with van der Waals surface area (Å²) in [4.78, 5) is 0. The fourth-order valence-electron chi connectivity index (χ4n) is 2.23. The molecule has 0 aromatic heterocycles. The van der Waals surface area contributed by atoms with Crippen molar-refractivity contribution < 1.29 is 4.39 Å². The largest absolute Gasteiger partial charge is 0.310 e. The number of hydrogen-bond donors (Lipinski definition) is 1. The van der Waals surface area contributed by atoms with E-state index in [1.807, 2.05) is 6.07 Å². The lowest BCUT2D eigenvalue weighted by atomic mass is 9.95. The number of rotatable bonds is 3. The first-order valence-electron chi connectivity index (χ1n) is 5.93. The van der Waals surface area contributed by atoms with Gasteiger partial charge in [-0.05, 0) is 53.1 Å². The Balaban J connectivity index is 1.88. The minimum Gasteiger partial charge on any atom is -0.310 e. The van der Waals surface area contributed by atoms with Crippen LogP contribution in [0.4, 0.5) is 4.39 Å². The highest BCUT2D eigenvalue weighted by Crippen LogP contribution is 2.19. The van der Waals surface area contributed by atoms with Crippen molar-refractivity contribution >= 4 is 22.6 Å². The van der Waals surface area contributed by atoms with Gasteiger partial charge in [0.1, 0.15) is 5.82 Å². The second-order valence-corrected chi connectivity index (χ2v) is 5.61. The van der Waals surface area contributed by atoms with Crippen LogP contribution in [0.25, 0.3) is 0 Å². The standard InChI is InChI=1S/C13H17FIN/c14-11-7-6-10(13(15)8-11)9-16-12-4-2-1-3-5-12/h6-8,12,16H,1-5,9H2. The summed E-state index contributed by atoms with van der Waals surface area (Å²) in [7, 11) is 0. The molecule has 0 radical (unpaired) electrons. The Bertz CT molecular complexity index is 348. The summed E-state index contributed by atoms with van der Waals surface area (Å²) in [6.45, 7) is 0.864. The highest BCUT2D eigenvalue weighted by Gasteiger charge is 2.12. The van der Waals surface area contributed by atoms with Gasteiger partial charge in [0.2, 0.25) is 0 Å². The normalized spacial score (nSPS) is 17.6. The molecule has 0 amide bonds. The molecule has 0 atom stereocenters. The van der Waals surface area contributed by atoms with Crippen LogP contribution in [0.5, 0.6) is 0 Å². The van der Waals surface area contributed by atoms with Gasteiger partial charge in [0.05, 0.1) is 0 Å². The molecular weight excluding hydrogens is 316 g/mol. The maximum atomic E-state index is 12.9. The van der Waals surface area contributed by atoms with Gasteiger partial charge in [-0.25, -0.2) is 4.39 Å². The van der Waals surface area contributed by atoms with E-state index < -0.39 is 0 Å². The van der Waals surface area contributed by atoms with Crippen molar-refractivity contribution in [1.29, 1.82) is 0 Å². The molecule has 0 aliphatic heterocycles. The van der Waals surface area contributed by atoms with Gasteiger partial charge in [-0.3, -0.25) is 0 Å². The van der Waals surface area contributed by atoms with Crippen LogP contribution in [0.2, 0.25) is 0 Å². The Labute approximate surface area is 110 Å². The van der Waals surface area contributed by atoms with Crippen molar-refractivity contribution in [2.24, 2.45) is 0 Å². The van der Waals surface area contributed by atoms with E-state index in [1.54, 1.807) is 12.1 Å². The SMILES string of the molecule is Fc1ccc(CNC2CCCCC2)c(I)c1. The monoisotopic (exact) mass is 333 g/mol. The molecule has 1 saturated carbocycles. The van der Waals surface area contributed by atoms with Gasteiger partial charge in [0.25, 0.3) is 0 Å². The van der Waals surface area contributed by atoms with Gasteiger partial charge in [-0.1, -0.05) is 25.3 Å². The van der Waals surface area contributed by atoms with Crippen molar-refractivity contribution in [3.05, 3.63) is 33.1 Å². The first-order chi connectivity index (χ1) is 7.75. The minimum atomic E-state index is -0.147. The minimum absolute atomic E-state index is 0.147. The van der Waals surface area contributed by atoms with Crippen LogP contribution in [0.3, 0.4) is 0 Å². The molecule has 0 saturated heterocycles. The van der Waals surface area contributed by atoms with E-state index >= 15 is 0 Å². The van der Waals surface area contributed by atoms with Crippen molar-refractivity contribution in [2.45, 2.75) is 44.7 Å². The number of nitrogens with one attached hydrogen (secondary N) is 1. The van der Waals surface area contributed by atoms with Crippen LogP contribution in [0.15, 0.2) is 18.2 Å². The number of hydrogen-bond acceptors (Lipinski definition) is 1. The van der Waals surface area contributed by atoms with Crippen molar-refractivity contribution in [3.8, 4) is 0 Å². The second-order valence-electron chi connectivity index (χ2n) is 4.45. The lowest BCUT2D eigenvalue weighted by molar-refractivity contribution is 0.372. The van der Waals surface area contributed by atoms with E-state index in [4.69, 9.17) is 0 Å². The molecule has 16 heavy (non-hydrogen) atoms. The Hall–Kier alpha value is -0.160. The molecule has 0 unspecified atom stereocenters. The molecule has 0 bridgehead atoms. The zero-order chi connectivity index (χ0) is 11.4. The van der Waals surface area contributed by atoms with Crippen molar-refractivity contribution in [1.82, 2.24) is 5.32 Å². The molecule has 1 aliphatic carbocycles. The van der Waals surface area contributed by atoms with E-state index in [9.17, 15) is 4.39 Å². The van der Waals surface area contributed by atoms with E-state index in [-0.39, 0.29) is 5.82 Å². The fourth-order valence-corrected chi connectivity index (χ4v) is 2.89. The van der Waals surface area contributed by atoms with Crippen LogP contribution in [-0.2, 0) is 6.54 Å². The van der Waals surface area contributed by atoms with Crippen LogP contribution >= 0.6 is 22.6 Å². The Morgan fingerprint density at radius 2 is 2.00 bits per heavy atom. The predicted octanol–water partition coefficient (Wildman–Crippen LogP) is 3.85. The maximum Gasteiger partial charge on any atom is 0.124 e. The summed E-state index contributed by atoms with van der Waals surface area (Å²) in [6.07, 6.45) is 6.65. The maximum absolute atomic E-state index is 12.9. The van der Waals surface area contributed by atoms with Crippen molar-refractivity contribution in [2.75, 3.05) is 0 Å². The van der Waals surface area contributed by atoms with Gasteiger partial charge in [-0.15, -0.1) is 0 Å². The van der Waals surface area contributed by atoms with Gasteiger partial charge in [0.15, 0.2) is 0 Å². The summed E-state index contributed by atoms with van der Waals surface area (Å²) in [6, 6.07) is 5.68. The molecule has 0 spiro atoms. The quantitative estimate of drug-likeness (QED) is 0.829. The van der Waals surface area contributed by atoms with Crippen LogP contribution in [0.1, 0.15) is 37.7 Å². The third-order valence-corrected chi connectivity index (χ3v) is 4.21. The molecule has 1 aliphatic rings. The van der Waals surface area contributed by atoms with Gasteiger partial charge in [0, 0.05) is 16.2 Å². The average Bonchev–Trinajstić information content (AvgIpc) is 2.29. The van der Waals surface area contributed by atoms with E-state index in [0.717, 1.165) is 10.1 Å². The predicted molar refractivity (Wildman–Crippen MR) is 72.8 cm³/mol. The van der Waals surface area contributed by atoms with Gasteiger partial charge >= 0.3 is 0 Å². The molecule has 1 aromatic carbocycles. The first kappa shape index (κ1) is 12.3. The molecular formula is C13H17FIN. The molecule has 2 rings (SSSR count). The van der Waals surface area contributed by atoms with Gasteiger partial charge in [-0.2, -0.15) is 0 Å². The average molecular weight is 333 g/mol. The molecule has 3 heteroatoms. The molecule has 0 heterocycles. The highest BCUT2D eigenvalue weighted by molar-refractivity contribution is 14.1. The summed E-state index contributed by atoms with van der Waals surface area (Å²) >= 11 is 2.20. The van der Waals surface area contributed by atoms with Crippen LogP contribution in [0, 0.1) is 9.39 Å². The van der Waals surface area contributed by atoms with Crippen molar-refractivity contribution in [3.63, 3.8) is 0 Å². The summed E-state index contributed by atoms with van der Waals surface area (Å²) in [5.41, 5.74) is 1.20. The molecule has 1 aromatic rings. The zero-order valence-electron chi connectivity index (χ0n) is 9.31. The fraction of sp³-hybridized carbons (Fsp3) is 0.538. The highest BCUT2D eigenvalue weighted by atomic mass is 127. The third-order valence-electron chi connectivity index (χ3n) is 3.20. The lowest BCUT2D eigenvalue weighted by Gasteiger charge is -2.23. The molecule has 1 fully saturated rings. The number of benzene rings is 1. The lowest BCUT2D eigenvalue weighted by Crippen LogP contribution is -2.30. The van der Waals surface area contributed by atoms with E-state index in [1.165, 1.54) is 37.7 Å². The Morgan fingerprint density at radius 1 is 1.25 bits per heavy atom. The van der Waals surface area contributed by atoms with Crippen LogP contribution < -0.4 is 5.32 Å². The Kier molecular flexibility index (Phi) is 4.58. The van der Waals surface area contributed by atoms with E-state index in [0.29, 0.717) is 6.04 Å². The Morgan fingerprint density at radius 3 is 2.69 bits per heavy atom. The molecule has 88 valence electrons. The summed E-state index contributed by atoms with van der Waals surface area (Å²) in [5.74, 6) is -0.147. The second kappa shape index (κ2) is 5.96. The van der Waals surface area contributed by atoms with Crippen LogP contribution in [-0.4, -0.2) is 6.04 Å². The number of halogens is 2. The third kappa shape index (κ3) is 3.42. The first-order valence-corrected chi connectivity index (χ1v) is 7.01. The topological polar surface area (TPSA) is 12.0 Å². The summed E-state index contributed by atoms with van der Waals surface area (Å²) < 4.78 is 13.9. The van der Waals surface area contributed by atoms with E-state index in [2.05, 4.69) is 27.9 Å². The summed E-state index contributed by atoms with van der Waals surface area (Å²) in [5, 5.41) is 3.57. The zero-order valence-corrected chi connectivity index (χ0v) is 11.5. The van der Waals surface area contributed by atoms with Gasteiger partial charge < -0.3 is 5.32 Å².